The molecule has 0 saturated carbocycles. The van der Waals surface area contributed by atoms with E-state index in [1.165, 1.54) is 5.56 Å². The molecular weight excluding hydrogens is 288 g/mol. The van der Waals surface area contributed by atoms with Crippen LogP contribution in [0.2, 0.25) is 0 Å². The van der Waals surface area contributed by atoms with Gasteiger partial charge in [-0.05, 0) is 18.4 Å². The predicted molar refractivity (Wildman–Crippen MR) is 91.9 cm³/mol. The number of nitrogens with two attached hydrogens (primary N) is 1. The summed E-state index contributed by atoms with van der Waals surface area (Å²) in [5.41, 5.74) is 7.13. The molecule has 1 atom stereocenters. The Labute approximate surface area is 139 Å². The van der Waals surface area contributed by atoms with Crippen molar-refractivity contribution in [3.05, 3.63) is 35.9 Å². The molecule has 0 bridgehead atoms. The lowest BCUT2D eigenvalue weighted by Crippen LogP contribution is -2.51. The molecule has 5 nitrogen and oxygen atoms in total. The van der Waals surface area contributed by atoms with Gasteiger partial charge in [-0.3, -0.25) is 14.6 Å². The number of carbonyl (C=O) groups is 1. The molecule has 0 spiro atoms. The summed E-state index contributed by atoms with van der Waals surface area (Å²) in [6.45, 7) is 7.04. The molecule has 3 rings (SSSR count). The second-order valence-corrected chi connectivity index (χ2v) is 6.66. The SMILES string of the molecule is NCC1CCCN1C(=O)CN1CCN(Cc2ccccc2)CC1. The van der Waals surface area contributed by atoms with Gasteiger partial charge in [0.25, 0.3) is 0 Å². The second-order valence-electron chi connectivity index (χ2n) is 6.66. The molecule has 2 aliphatic heterocycles. The van der Waals surface area contributed by atoms with E-state index < -0.39 is 0 Å². The van der Waals surface area contributed by atoms with Gasteiger partial charge in [0, 0.05) is 51.9 Å². The first-order valence-corrected chi connectivity index (χ1v) is 8.74. The summed E-state index contributed by atoms with van der Waals surface area (Å²) < 4.78 is 0. The Morgan fingerprint density at radius 3 is 2.43 bits per heavy atom. The van der Waals surface area contributed by atoms with Gasteiger partial charge in [-0.2, -0.15) is 0 Å². The van der Waals surface area contributed by atoms with Crippen molar-refractivity contribution >= 4 is 5.91 Å². The molecule has 0 aliphatic carbocycles. The van der Waals surface area contributed by atoms with Gasteiger partial charge >= 0.3 is 0 Å². The summed E-state index contributed by atoms with van der Waals surface area (Å²) in [6.07, 6.45) is 2.16. The van der Waals surface area contributed by atoms with Gasteiger partial charge in [0.15, 0.2) is 0 Å². The fourth-order valence-corrected chi connectivity index (χ4v) is 3.64. The minimum atomic E-state index is 0.259. The third-order valence-electron chi connectivity index (χ3n) is 5.04. The number of nitrogens with zero attached hydrogens (tertiary/aromatic N) is 3. The lowest BCUT2D eigenvalue weighted by Gasteiger charge is -2.35. The van der Waals surface area contributed by atoms with E-state index in [2.05, 4.69) is 40.1 Å². The van der Waals surface area contributed by atoms with Crippen molar-refractivity contribution in [3.63, 3.8) is 0 Å². The van der Waals surface area contributed by atoms with Crippen LogP contribution in [0, 0.1) is 0 Å². The van der Waals surface area contributed by atoms with Crippen LogP contribution in [-0.4, -0.2) is 72.5 Å². The molecule has 23 heavy (non-hydrogen) atoms. The average Bonchev–Trinajstić information content (AvgIpc) is 3.06. The van der Waals surface area contributed by atoms with Crippen molar-refractivity contribution in [3.8, 4) is 0 Å². The Morgan fingerprint density at radius 1 is 1.04 bits per heavy atom. The first-order chi connectivity index (χ1) is 11.3. The van der Waals surface area contributed by atoms with E-state index in [1.807, 2.05) is 4.90 Å². The van der Waals surface area contributed by atoms with E-state index in [-0.39, 0.29) is 11.9 Å². The zero-order chi connectivity index (χ0) is 16.1. The van der Waals surface area contributed by atoms with E-state index in [1.54, 1.807) is 0 Å². The molecule has 126 valence electrons. The average molecular weight is 316 g/mol. The number of likely N-dealkylation sites (tertiary alicyclic amines) is 1. The highest BCUT2D eigenvalue weighted by Gasteiger charge is 2.29. The number of benzene rings is 1. The summed E-state index contributed by atoms with van der Waals surface area (Å²) in [6, 6.07) is 10.9. The smallest absolute Gasteiger partial charge is 0.237 e. The Bertz CT molecular complexity index is 499. The van der Waals surface area contributed by atoms with E-state index in [4.69, 9.17) is 5.73 Å². The van der Waals surface area contributed by atoms with Gasteiger partial charge in [-0.15, -0.1) is 0 Å². The lowest BCUT2D eigenvalue weighted by molar-refractivity contribution is -0.133. The first-order valence-electron chi connectivity index (χ1n) is 8.74. The van der Waals surface area contributed by atoms with Gasteiger partial charge in [0.1, 0.15) is 0 Å². The van der Waals surface area contributed by atoms with Gasteiger partial charge in [-0.1, -0.05) is 30.3 Å². The highest BCUT2D eigenvalue weighted by molar-refractivity contribution is 5.79. The van der Waals surface area contributed by atoms with Crippen LogP contribution >= 0.6 is 0 Å². The maximum atomic E-state index is 12.5. The number of hydrogen-bond acceptors (Lipinski definition) is 4. The molecule has 1 unspecified atom stereocenters. The highest BCUT2D eigenvalue weighted by atomic mass is 16.2. The second kappa shape index (κ2) is 7.90. The van der Waals surface area contributed by atoms with Crippen LogP contribution in [0.25, 0.3) is 0 Å². The number of rotatable bonds is 5. The molecule has 2 heterocycles. The highest BCUT2D eigenvalue weighted by Crippen LogP contribution is 2.17. The van der Waals surface area contributed by atoms with Gasteiger partial charge in [0.05, 0.1) is 6.54 Å². The van der Waals surface area contributed by atoms with Crippen molar-refractivity contribution in [2.75, 3.05) is 45.8 Å². The van der Waals surface area contributed by atoms with Gasteiger partial charge < -0.3 is 10.6 Å². The van der Waals surface area contributed by atoms with Crippen molar-refractivity contribution in [1.29, 1.82) is 0 Å². The molecule has 0 aromatic heterocycles. The molecule has 5 heteroatoms. The van der Waals surface area contributed by atoms with Crippen LogP contribution < -0.4 is 5.73 Å². The summed E-state index contributed by atoms with van der Waals surface area (Å²) in [5.74, 6) is 0.259. The number of piperazine rings is 1. The number of carbonyl (C=O) groups excluding carboxylic acids is 1. The van der Waals surface area contributed by atoms with Crippen molar-refractivity contribution in [2.45, 2.75) is 25.4 Å². The molecular formula is C18H28N4O. The minimum absolute atomic E-state index is 0.259. The van der Waals surface area contributed by atoms with E-state index in [0.717, 1.165) is 52.1 Å². The van der Waals surface area contributed by atoms with Crippen molar-refractivity contribution in [1.82, 2.24) is 14.7 Å². The summed E-state index contributed by atoms with van der Waals surface area (Å²) in [7, 11) is 0. The fourth-order valence-electron chi connectivity index (χ4n) is 3.64. The summed E-state index contributed by atoms with van der Waals surface area (Å²) >= 11 is 0. The Hall–Kier alpha value is -1.43. The maximum Gasteiger partial charge on any atom is 0.237 e. The lowest BCUT2D eigenvalue weighted by atomic mass is 10.2. The number of hydrogen-bond donors (Lipinski definition) is 1. The third kappa shape index (κ3) is 4.31. The van der Waals surface area contributed by atoms with Crippen LogP contribution in [0.15, 0.2) is 30.3 Å². The third-order valence-corrected chi connectivity index (χ3v) is 5.04. The molecule has 2 aliphatic rings. The van der Waals surface area contributed by atoms with Crippen LogP contribution in [-0.2, 0) is 11.3 Å². The van der Waals surface area contributed by atoms with Crippen LogP contribution in [0.5, 0.6) is 0 Å². The van der Waals surface area contributed by atoms with Crippen molar-refractivity contribution in [2.24, 2.45) is 5.73 Å². The molecule has 0 radical (unpaired) electrons. The van der Waals surface area contributed by atoms with Crippen LogP contribution in [0.1, 0.15) is 18.4 Å². The molecule has 2 fully saturated rings. The maximum absolute atomic E-state index is 12.5. The zero-order valence-electron chi connectivity index (χ0n) is 13.9. The minimum Gasteiger partial charge on any atom is -0.337 e. The van der Waals surface area contributed by atoms with E-state index in [0.29, 0.717) is 13.1 Å². The monoisotopic (exact) mass is 316 g/mol. The van der Waals surface area contributed by atoms with Crippen LogP contribution in [0.4, 0.5) is 0 Å². The van der Waals surface area contributed by atoms with Crippen LogP contribution in [0.3, 0.4) is 0 Å². The van der Waals surface area contributed by atoms with E-state index >= 15 is 0 Å². The molecule has 1 aromatic carbocycles. The Balaban J connectivity index is 1.43. The Kier molecular flexibility index (Phi) is 5.65. The zero-order valence-corrected chi connectivity index (χ0v) is 13.9. The molecule has 1 aromatic rings. The molecule has 2 saturated heterocycles. The topological polar surface area (TPSA) is 52.8 Å². The standard InChI is InChI=1S/C18H28N4O/c19-13-17-7-4-8-22(17)18(23)15-21-11-9-20(10-12-21)14-16-5-2-1-3-6-16/h1-3,5-6,17H,4,7-15,19H2. The van der Waals surface area contributed by atoms with Gasteiger partial charge in [0.2, 0.25) is 5.91 Å². The van der Waals surface area contributed by atoms with Crippen molar-refractivity contribution < 1.29 is 4.79 Å². The Morgan fingerprint density at radius 2 is 1.74 bits per heavy atom. The first kappa shape index (κ1) is 16.4. The largest absolute Gasteiger partial charge is 0.337 e. The predicted octanol–water partition coefficient (Wildman–Crippen LogP) is 0.754. The molecule has 1 amide bonds. The quantitative estimate of drug-likeness (QED) is 0.871. The summed E-state index contributed by atoms with van der Waals surface area (Å²) in [5, 5.41) is 0. The number of amides is 1. The summed E-state index contributed by atoms with van der Waals surface area (Å²) in [4.78, 5) is 19.2. The van der Waals surface area contributed by atoms with E-state index in [9.17, 15) is 4.79 Å². The van der Waals surface area contributed by atoms with Gasteiger partial charge in [-0.25, -0.2) is 0 Å². The molecule has 2 N–H and O–H groups in total. The fraction of sp³-hybridized carbons (Fsp3) is 0.611. The normalized spacial score (nSPS) is 23.3.